The molecule has 5 N–H and O–H groups in total. The number of nitrogens with two attached hydrogens (primary N) is 2. The number of nitrogens with one attached hydrogen (secondary N) is 1. The lowest BCUT2D eigenvalue weighted by molar-refractivity contribution is -0.137. The molecule has 0 saturated heterocycles. The molecule has 0 unspecified atom stereocenters. The third kappa shape index (κ3) is 5.69. The van der Waals surface area contributed by atoms with Crippen LogP contribution in [-0.2, 0) is 11.0 Å². The van der Waals surface area contributed by atoms with E-state index in [1.54, 1.807) is 24.3 Å². The summed E-state index contributed by atoms with van der Waals surface area (Å²) in [5, 5.41) is 2.67. The number of carbonyl (C=O) groups excluding carboxylic acids is 2. The molecule has 0 saturated carbocycles. The van der Waals surface area contributed by atoms with Crippen molar-refractivity contribution in [1.82, 2.24) is 9.97 Å². The molecule has 0 aliphatic heterocycles. The predicted molar refractivity (Wildman–Crippen MR) is 105 cm³/mol. The Morgan fingerprint density at radius 2 is 1.52 bits per heavy atom. The monoisotopic (exact) mass is 431 g/mol. The first-order valence-corrected chi connectivity index (χ1v) is 8.78. The molecule has 1 heterocycles. The van der Waals surface area contributed by atoms with Gasteiger partial charge in [0.05, 0.1) is 12.1 Å². The van der Waals surface area contributed by atoms with E-state index in [2.05, 4.69) is 15.3 Å². The van der Waals surface area contributed by atoms with Crippen molar-refractivity contribution >= 4 is 17.6 Å². The molecule has 0 fully saturated rings. The van der Waals surface area contributed by atoms with Crippen molar-refractivity contribution in [3.8, 4) is 22.9 Å². The highest BCUT2D eigenvalue weighted by Gasteiger charge is 2.30. The fourth-order valence-corrected chi connectivity index (χ4v) is 2.49. The lowest BCUT2D eigenvalue weighted by Crippen LogP contribution is -2.23. The maximum absolute atomic E-state index is 12.6. The minimum Gasteiger partial charge on any atom is -0.457 e. The van der Waals surface area contributed by atoms with Crippen LogP contribution in [0.25, 0.3) is 11.4 Å². The molecule has 11 heteroatoms. The van der Waals surface area contributed by atoms with E-state index in [4.69, 9.17) is 16.2 Å². The van der Waals surface area contributed by atoms with Crippen molar-refractivity contribution in [1.29, 1.82) is 0 Å². The second kappa shape index (κ2) is 8.69. The van der Waals surface area contributed by atoms with Gasteiger partial charge < -0.3 is 21.5 Å². The van der Waals surface area contributed by atoms with E-state index >= 15 is 0 Å². The summed E-state index contributed by atoms with van der Waals surface area (Å²) in [5.74, 6) is -0.474. The van der Waals surface area contributed by atoms with Gasteiger partial charge in [-0.1, -0.05) is 0 Å². The number of halogens is 3. The summed E-state index contributed by atoms with van der Waals surface area (Å²) < 4.78 is 43.5. The van der Waals surface area contributed by atoms with Gasteiger partial charge in [-0.3, -0.25) is 9.59 Å². The van der Waals surface area contributed by atoms with Crippen molar-refractivity contribution in [3.63, 3.8) is 0 Å². The van der Waals surface area contributed by atoms with Crippen LogP contribution < -0.4 is 21.5 Å². The number of amides is 2. The van der Waals surface area contributed by atoms with E-state index < -0.39 is 23.6 Å². The van der Waals surface area contributed by atoms with E-state index in [0.29, 0.717) is 11.3 Å². The van der Waals surface area contributed by atoms with Crippen LogP contribution in [0.3, 0.4) is 0 Å². The van der Waals surface area contributed by atoms with Crippen molar-refractivity contribution in [3.05, 3.63) is 65.9 Å². The van der Waals surface area contributed by atoms with E-state index in [-0.39, 0.29) is 29.6 Å². The normalized spacial score (nSPS) is 11.1. The molecule has 1 aromatic heterocycles. The fourth-order valence-electron chi connectivity index (χ4n) is 2.49. The van der Waals surface area contributed by atoms with Gasteiger partial charge in [-0.15, -0.1) is 0 Å². The summed E-state index contributed by atoms with van der Waals surface area (Å²) in [6.07, 6.45) is -4.43. The number of carbonyl (C=O) groups is 2. The van der Waals surface area contributed by atoms with Gasteiger partial charge in [0, 0.05) is 11.6 Å². The highest BCUT2D eigenvalue weighted by Crippen LogP contribution is 2.31. The molecule has 0 aliphatic rings. The van der Waals surface area contributed by atoms with Gasteiger partial charge >= 0.3 is 6.18 Å². The van der Waals surface area contributed by atoms with Crippen LogP contribution in [-0.4, -0.2) is 28.3 Å². The molecular weight excluding hydrogens is 415 g/mol. The van der Waals surface area contributed by atoms with Crippen LogP contribution in [0.1, 0.15) is 16.1 Å². The molecule has 3 aromatic rings. The number of alkyl halides is 3. The molecule has 0 bridgehead atoms. The Bertz CT molecular complexity index is 1100. The maximum atomic E-state index is 12.6. The number of benzene rings is 2. The number of primary amides is 2. The molecule has 2 aromatic carbocycles. The molecule has 3 rings (SSSR count). The van der Waals surface area contributed by atoms with Gasteiger partial charge in [-0.2, -0.15) is 13.2 Å². The first-order chi connectivity index (χ1) is 14.6. The summed E-state index contributed by atoms with van der Waals surface area (Å²) in [5.41, 5.74) is 10.0. The van der Waals surface area contributed by atoms with Crippen LogP contribution in [0.5, 0.6) is 11.5 Å². The largest absolute Gasteiger partial charge is 0.457 e. The van der Waals surface area contributed by atoms with Gasteiger partial charge in [0.1, 0.15) is 23.0 Å². The van der Waals surface area contributed by atoms with Gasteiger partial charge in [0.2, 0.25) is 5.91 Å². The van der Waals surface area contributed by atoms with Crippen molar-refractivity contribution in [2.24, 2.45) is 11.5 Å². The summed E-state index contributed by atoms with van der Waals surface area (Å²) in [7, 11) is 0. The number of hydrogen-bond donors (Lipinski definition) is 3. The molecule has 31 heavy (non-hydrogen) atoms. The zero-order chi connectivity index (χ0) is 22.6. The fraction of sp³-hybridized carbons (Fsp3) is 0.100. The first kappa shape index (κ1) is 21.6. The SMILES string of the molecule is NC(=O)CNc1cc(C(N)=O)nc(-c2ccc(Oc3ccc(C(F)(F)F)cc3)cc2)n1. The third-order valence-corrected chi connectivity index (χ3v) is 3.95. The second-order valence-electron chi connectivity index (χ2n) is 6.29. The molecule has 0 atom stereocenters. The van der Waals surface area contributed by atoms with Gasteiger partial charge in [0.15, 0.2) is 5.82 Å². The molecule has 8 nitrogen and oxygen atoms in total. The highest BCUT2D eigenvalue weighted by atomic mass is 19.4. The molecule has 0 spiro atoms. The van der Waals surface area contributed by atoms with E-state index in [9.17, 15) is 22.8 Å². The van der Waals surface area contributed by atoms with Gasteiger partial charge in [0.25, 0.3) is 5.91 Å². The number of hydrogen-bond acceptors (Lipinski definition) is 6. The van der Waals surface area contributed by atoms with Gasteiger partial charge in [-0.05, 0) is 48.5 Å². The average molecular weight is 431 g/mol. The second-order valence-corrected chi connectivity index (χ2v) is 6.29. The maximum Gasteiger partial charge on any atom is 0.416 e. The Hall–Kier alpha value is -4.15. The lowest BCUT2D eigenvalue weighted by Gasteiger charge is -2.10. The Balaban J connectivity index is 1.80. The van der Waals surface area contributed by atoms with Gasteiger partial charge in [-0.25, -0.2) is 9.97 Å². The van der Waals surface area contributed by atoms with Crippen LogP contribution in [0.2, 0.25) is 0 Å². The molecule has 0 aliphatic carbocycles. The van der Waals surface area contributed by atoms with E-state index in [1.165, 1.54) is 18.2 Å². The molecule has 160 valence electrons. The first-order valence-electron chi connectivity index (χ1n) is 8.78. The molecule has 0 radical (unpaired) electrons. The van der Waals surface area contributed by atoms with Crippen LogP contribution in [0, 0.1) is 0 Å². The smallest absolute Gasteiger partial charge is 0.416 e. The number of anilines is 1. The van der Waals surface area contributed by atoms with Crippen LogP contribution in [0.15, 0.2) is 54.6 Å². The van der Waals surface area contributed by atoms with Crippen LogP contribution in [0.4, 0.5) is 19.0 Å². The van der Waals surface area contributed by atoms with E-state index in [0.717, 1.165) is 12.1 Å². The topological polar surface area (TPSA) is 133 Å². The van der Waals surface area contributed by atoms with Crippen molar-refractivity contribution < 1.29 is 27.5 Å². The lowest BCUT2D eigenvalue weighted by atomic mass is 10.2. The number of nitrogens with zero attached hydrogens (tertiary/aromatic N) is 2. The Morgan fingerprint density at radius 1 is 0.935 bits per heavy atom. The summed E-state index contributed by atoms with van der Waals surface area (Å²) in [6.45, 7) is -0.200. The highest BCUT2D eigenvalue weighted by molar-refractivity contribution is 5.92. The molecular formula is C20H16F3N5O3. The predicted octanol–water partition coefficient (Wildman–Crippen LogP) is 2.95. The van der Waals surface area contributed by atoms with Crippen molar-refractivity contribution in [2.45, 2.75) is 6.18 Å². The number of ether oxygens (including phenoxy) is 1. The minimum absolute atomic E-state index is 0.0675. The summed E-state index contributed by atoms with van der Waals surface area (Å²) >= 11 is 0. The zero-order valence-electron chi connectivity index (χ0n) is 15.8. The minimum atomic E-state index is -4.43. The van der Waals surface area contributed by atoms with Crippen LogP contribution >= 0.6 is 0 Å². The summed E-state index contributed by atoms with van der Waals surface area (Å²) in [4.78, 5) is 30.8. The zero-order valence-corrected chi connectivity index (χ0v) is 15.8. The van der Waals surface area contributed by atoms with Crippen molar-refractivity contribution in [2.75, 3.05) is 11.9 Å². The average Bonchev–Trinajstić information content (AvgIpc) is 2.72. The Labute approximate surface area is 174 Å². The van der Waals surface area contributed by atoms with E-state index in [1.807, 2.05) is 0 Å². The quantitative estimate of drug-likeness (QED) is 0.527. The molecule has 2 amide bonds. The third-order valence-electron chi connectivity index (χ3n) is 3.95. The number of rotatable bonds is 7. The summed E-state index contributed by atoms with van der Waals surface area (Å²) in [6, 6.07) is 11.9. The Kier molecular flexibility index (Phi) is 6.05. The number of aromatic nitrogens is 2. The standard InChI is InChI=1S/C20H16F3N5O3/c21-20(22,23)12-3-7-14(8-4-12)31-13-5-1-11(2-6-13)19-27-15(18(25)30)9-17(28-19)26-10-16(24)29/h1-9H,10H2,(H2,24,29)(H2,25,30)(H,26,27,28). The Morgan fingerprint density at radius 3 is 2.03 bits per heavy atom.